The van der Waals surface area contributed by atoms with E-state index in [1.807, 2.05) is 13.0 Å². The molecule has 2 rings (SSSR count). The largest absolute Gasteiger partial charge is 0.573 e. The fourth-order valence-electron chi connectivity index (χ4n) is 1.63. The van der Waals surface area contributed by atoms with Crippen LogP contribution in [0.25, 0.3) is 0 Å². The summed E-state index contributed by atoms with van der Waals surface area (Å²) in [7, 11) is 0. The number of rotatable bonds is 4. The highest BCUT2D eigenvalue weighted by Gasteiger charge is 2.30. The van der Waals surface area contributed by atoms with E-state index in [1.165, 1.54) is 24.3 Å². The van der Waals surface area contributed by atoms with Crippen molar-refractivity contribution in [3.8, 4) is 5.75 Å². The van der Waals surface area contributed by atoms with Crippen LogP contribution in [0.4, 0.5) is 18.9 Å². The quantitative estimate of drug-likeness (QED) is 0.832. The molecule has 1 heterocycles. The van der Waals surface area contributed by atoms with Crippen molar-refractivity contribution < 1.29 is 22.3 Å². The second-order valence-electron chi connectivity index (χ2n) is 4.08. The topological polar surface area (TPSA) is 34.4 Å². The maximum absolute atomic E-state index is 12.0. The van der Waals surface area contributed by atoms with Crippen LogP contribution in [0.1, 0.15) is 18.7 Å². The van der Waals surface area contributed by atoms with Gasteiger partial charge in [-0.1, -0.05) is 0 Å². The minimum Gasteiger partial charge on any atom is -0.452 e. The maximum atomic E-state index is 12.0. The molecule has 0 aliphatic heterocycles. The van der Waals surface area contributed by atoms with Crippen molar-refractivity contribution in [1.82, 2.24) is 0 Å². The van der Waals surface area contributed by atoms with Gasteiger partial charge in [0.15, 0.2) is 4.67 Å². The molecule has 7 heteroatoms. The molecule has 0 aliphatic carbocycles. The van der Waals surface area contributed by atoms with Crippen molar-refractivity contribution in [2.45, 2.75) is 19.3 Å². The van der Waals surface area contributed by atoms with Gasteiger partial charge in [-0.3, -0.25) is 0 Å². The number of anilines is 1. The van der Waals surface area contributed by atoms with Gasteiger partial charge in [0.05, 0.1) is 6.04 Å². The zero-order valence-electron chi connectivity index (χ0n) is 10.4. The summed E-state index contributed by atoms with van der Waals surface area (Å²) in [6.45, 7) is 1.88. The van der Waals surface area contributed by atoms with Crippen molar-refractivity contribution in [2.24, 2.45) is 0 Å². The first-order chi connectivity index (χ1) is 9.33. The summed E-state index contributed by atoms with van der Waals surface area (Å²) in [5, 5.41) is 3.11. The lowest BCUT2D eigenvalue weighted by Crippen LogP contribution is -2.17. The van der Waals surface area contributed by atoms with Crippen LogP contribution < -0.4 is 10.1 Å². The van der Waals surface area contributed by atoms with E-state index in [4.69, 9.17) is 4.42 Å². The molecule has 1 N–H and O–H groups in total. The molecule has 0 amide bonds. The molecular weight excluding hydrogens is 339 g/mol. The molecule has 1 unspecified atom stereocenters. The molecule has 0 radical (unpaired) electrons. The van der Waals surface area contributed by atoms with E-state index in [9.17, 15) is 13.2 Å². The first-order valence-corrected chi connectivity index (χ1v) is 6.50. The van der Waals surface area contributed by atoms with E-state index in [2.05, 4.69) is 26.0 Å². The molecule has 108 valence electrons. The molecule has 0 fully saturated rings. The normalized spacial score (nSPS) is 13.1. The minimum absolute atomic E-state index is 0.115. The van der Waals surface area contributed by atoms with Gasteiger partial charge in [0.1, 0.15) is 11.5 Å². The Balaban J connectivity index is 2.00. The number of nitrogens with one attached hydrogen (secondary N) is 1. The number of ether oxygens (including phenoxy) is 1. The summed E-state index contributed by atoms with van der Waals surface area (Å²) in [6.07, 6.45) is -4.68. The first-order valence-electron chi connectivity index (χ1n) is 5.71. The smallest absolute Gasteiger partial charge is 0.452 e. The van der Waals surface area contributed by atoms with E-state index in [0.29, 0.717) is 16.1 Å². The lowest BCUT2D eigenvalue weighted by molar-refractivity contribution is -0.274. The van der Waals surface area contributed by atoms with Crippen molar-refractivity contribution in [1.29, 1.82) is 0 Å². The second-order valence-corrected chi connectivity index (χ2v) is 4.86. The third kappa shape index (κ3) is 4.19. The maximum Gasteiger partial charge on any atom is 0.573 e. The molecule has 0 aliphatic rings. The summed E-state index contributed by atoms with van der Waals surface area (Å²) in [5.41, 5.74) is 0.666. The van der Waals surface area contributed by atoms with E-state index >= 15 is 0 Å². The minimum atomic E-state index is -4.68. The standard InChI is InChI=1S/C13H11BrF3NO2/c1-8(11-6-7-12(14)19-11)18-9-2-4-10(5-3-9)20-13(15,16)17/h2-8,18H,1H3. The van der Waals surface area contributed by atoms with E-state index < -0.39 is 6.36 Å². The molecule has 1 aromatic heterocycles. The Hall–Kier alpha value is -1.63. The zero-order valence-corrected chi connectivity index (χ0v) is 12.0. The summed E-state index contributed by atoms with van der Waals surface area (Å²) >= 11 is 3.21. The Bertz CT molecular complexity index is 566. The van der Waals surface area contributed by atoms with E-state index in [-0.39, 0.29) is 11.8 Å². The molecule has 20 heavy (non-hydrogen) atoms. The molecule has 0 bridgehead atoms. The Kier molecular flexibility index (Phi) is 4.27. The SMILES string of the molecule is CC(Nc1ccc(OC(F)(F)F)cc1)c1ccc(Br)o1. The Morgan fingerprint density at radius 3 is 2.30 bits per heavy atom. The fraction of sp³-hybridized carbons (Fsp3) is 0.231. The number of hydrogen-bond donors (Lipinski definition) is 1. The molecule has 0 saturated carbocycles. The highest BCUT2D eigenvalue weighted by atomic mass is 79.9. The van der Waals surface area contributed by atoms with Crippen molar-refractivity contribution in [2.75, 3.05) is 5.32 Å². The van der Waals surface area contributed by atoms with Crippen LogP contribution in [0, 0.1) is 0 Å². The van der Waals surface area contributed by atoms with Gasteiger partial charge in [-0.05, 0) is 59.3 Å². The Morgan fingerprint density at radius 2 is 1.80 bits per heavy atom. The number of halogens is 4. The molecule has 3 nitrogen and oxygen atoms in total. The highest BCUT2D eigenvalue weighted by Crippen LogP contribution is 2.27. The van der Waals surface area contributed by atoms with Gasteiger partial charge in [0.2, 0.25) is 0 Å². The van der Waals surface area contributed by atoms with Crippen LogP contribution in [0.2, 0.25) is 0 Å². The van der Waals surface area contributed by atoms with Gasteiger partial charge in [-0.15, -0.1) is 13.2 Å². The van der Waals surface area contributed by atoms with Crippen LogP contribution in [0.3, 0.4) is 0 Å². The molecule has 2 aromatic rings. The highest BCUT2D eigenvalue weighted by molar-refractivity contribution is 9.10. The van der Waals surface area contributed by atoms with Crippen molar-refractivity contribution >= 4 is 21.6 Å². The van der Waals surface area contributed by atoms with Crippen molar-refractivity contribution in [3.05, 3.63) is 46.8 Å². The second kappa shape index (κ2) is 5.78. The van der Waals surface area contributed by atoms with Gasteiger partial charge >= 0.3 is 6.36 Å². The third-order valence-electron chi connectivity index (χ3n) is 2.49. The van der Waals surface area contributed by atoms with Gasteiger partial charge in [0, 0.05) is 5.69 Å². The summed E-state index contributed by atoms with van der Waals surface area (Å²) in [4.78, 5) is 0. The molecular formula is C13H11BrF3NO2. The molecule has 0 spiro atoms. The van der Waals surface area contributed by atoms with Crippen LogP contribution in [-0.2, 0) is 0 Å². The Morgan fingerprint density at radius 1 is 1.15 bits per heavy atom. The van der Waals surface area contributed by atoms with Gasteiger partial charge in [-0.25, -0.2) is 0 Å². The number of benzene rings is 1. The van der Waals surface area contributed by atoms with E-state index in [1.54, 1.807) is 6.07 Å². The number of alkyl halides is 3. The predicted octanol–water partition coefficient (Wildman–Crippen LogP) is 5.11. The predicted molar refractivity (Wildman–Crippen MR) is 71.6 cm³/mol. The summed E-state index contributed by atoms with van der Waals surface area (Å²) < 4.78 is 45.9. The van der Waals surface area contributed by atoms with Gasteiger partial charge < -0.3 is 14.5 Å². The van der Waals surface area contributed by atoms with Gasteiger partial charge in [0.25, 0.3) is 0 Å². The van der Waals surface area contributed by atoms with Crippen LogP contribution in [-0.4, -0.2) is 6.36 Å². The van der Waals surface area contributed by atoms with E-state index in [0.717, 1.165) is 0 Å². The summed E-state index contributed by atoms with van der Waals surface area (Å²) in [5.74, 6) is 0.462. The molecule has 1 aromatic carbocycles. The lowest BCUT2D eigenvalue weighted by atomic mass is 10.2. The number of hydrogen-bond acceptors (Lipinski definition) is 3. The van der Waals surface area contributed by atoms with Crippen LogP contribution in [0.5, 0.6) is 5.75 Å². The molecule has 1 atom stereocenters. The van der Waals surface area contributed by atoms with Gasteiger partial charge in [-0.2, -0.15) is 0 Å². The van der Waals surface area contributed by atoms with Crippen molar-refractivity contribution in [3.63, 3.8) is 0 Å². The number of furan rings is 1. The monoisotopic (exact) mass is 349 g/mol. The molecule has 0 saturated heterocycles. The fourth-order valence-corrected chi connectivity index (χ4v) is 1.95. The average molecular weight is 350 g/mol. The zero-order chi connectivity index (χ0) is 14.8. The first kappa shape index (κ1) is 14.8. The van der Waals surface area contributed by atoms with Crippen LogP contribution in [0.15, 0.2) is 45.5 Å². The third-order valence-corrected chi connectivity index (χ3v) is 2.92. The lowest BCUT2D eigenvalue weighted by Gasteiger charge is -2.14. The van der Waals surface area contributed by atoms with Crippen LogP contribution >= 0.6 is 15.9 Å². The summed E-state index contributed by atoms with van der Waals surface area (Å²) in [6, 6.07) is 8.99. The average Bonchev–Trinajstić information content (AvgIpc) is 2.77. The Labute approximate surface area is 121 Å².